The number of aromatic nitrogens is 2. The first-order valence-electron chi connectivity index (χ1n) is 22.1. The number of ether oxygens (including phenoxy) is 2. The SMILES string of the molecule is C/C=C(/CO)C(=O)O[C@@H]1Cc2c3c(c4oc(CO)cc(=O)c4c2O)[C@@H]2c4ccnc(N)c4[C@H](CCc4ccc(O)cc4[C@H]2CO)[C@H]2CCc4c(cnc5c4C=C[C@@H](C)N5)C[C@@H]2[C@]1(C)O3. The van der Waals surface area contributed by atoms with Crippen LogP contribution in [-0.2, 0) is 41.8 Å². The molecule has 5 aromatic rings. The number of aromatic hydroxyl groups is 2. The van der Waals surface area contributed by atoms with E-state index in [-0.39, 0.29) is 63.7 Å². The van der Waals surface area contributed by atoms with Gasteiger partial charge in [0.2, 0.25) is 0 Å². The predicted octanol–water partition coefficient (Wildman–Crippen LogP) is 5.81. The molecule has 8 atom stereocenters. The lowest BCUT2D eigenvalue weighted by atomic mass is 9.62. The largest absolute Gasteiger partial charge is 0.508 e. The fraction of sp³-hybridized carbons (Fsp3) is 0.400. The summed E-state index contributed by atoms with van der Waals surface area (Å²) < 4.78 is 20.5. The molecule has 0 unspecified atom stereocenters. The Labute approximate surface area is 369 Å². The van der Waals surface area contributed by atoms with Gasteiger partial charge in [-0.2, -0.15) is 0 Å². The number of phenolic OH excluding ortho intramolecular Hbond substituents is 2. The molecule has 14 nitrogen and oxygen atoms in total. The minimum Gasteiger partial charge on any atom is -0.508 e. The van der Waals surface area contributed by atoms with Crippen LogP contribution in [0.25, 0.3) is 17.0 Å². The van der Waals surface area contributed by atoms with Crippen LogP contribution < -0.4 is 21.2 Å². The van der Waals surface area contributed by atoms with E-state index in [2.05, 4.69) is 24.4 Å². The summed E-state index contributed by atoms with van der Waals surface area (Å²) in [4.78, 5) is 38.0. The van der Waals surface area contributed by atoms with E-state index in [9.17, 15) is 35.1 Å². The molecule has 332 valence electrons. The molecule has 4 bridgehead atoms. The van der Waals surface area contributed by atoms with Crippen LogP contribution in [-0.4, -0.2) is 72.4 Å². The number of anilines is 2. The number of rotatable bonds is 5. The molecular formula is C50H52N4O10. The molecular weight excluding hydrogens is 817 g/mol. The summed E-state index contributed by atoms with van der Waals surface area (Å²) >= 11 is 0. The monoisotopic (exact) mass is 868 g/mol. The molecule has 0 spiro atoms. The molecule has 3 aromatic heterocycles. The van der Waals surface area contributed by atoms with E-state index in [1.807, 2.05) is 25.3 Å². The Morgan fingerprint density at radius 3 is 2.62 bits per heavy atom. The van der Waals surface area contributed by atoms with E-state index >= 15 is 0 Å². The number of carbonyl (C=O) groups is 1. The maximum atomic E-state index is 14.2. The summed E-state index contributed by atoms with van der Waals surface area (Å²) in [6, 6.07) is 8.31. The van der Waals surface area contributed by atoms with E-state index in [0.717, 1.165) is 39.7 Å². The number of carbonyl (C=O) groups excluding carboxylic acids is 1. The Kier molecular flexibility index (Phi) is 10.3. The molecule has 0 radical (unpaired) electrons. The average Bonchev–Trinajstić information content (AvgIpc) is 3.45. The number of allylic oxidation sites excluding steroid dienone is 1. The molecule has 64 heavy (non-hydrogen) atoms. The third kappa shape index (κ3) is 6.40. The Balaban J connectivity index is 1.35. The predicted molar refractivity (Wildman–Crippen MR) is 238 cm³/mol. The number of aliphatic hydroxyl groups excluding tert-OH is 3. The van der Waals surface area contributed by atoms with Crippen molar-refractivity contribution in [2.75, 3.05) is 24.3 Å². The number of aryl methyl sites for hydroxylation is 1. The zero-order valence-electron chi connectivity index (χ0n) is 35.9. The number of pyridine rings is 2. The van der Waals surface area contributed by atoms with Crippen LogP contribution >= 0.6 is 0 Å². The van der Waals surface area contributed by atoms with E-state index in [0.29, 0.717) is 54.6 Å². The van der Waals surface area contributed by atoms with Crippen molar-refractivity contribution >= 4 is 34.7 Å². The highest BCUT2D eigenvalue weighted by molar-refractivity contribution is 5.92. The number of nitrogens with two attached hydrogens (primary N) is 1. The number of hydrogen-bond donors (Lipinski definition) is 7. The second-order valence-electron chi connectivity index (χ2n) is 18.2. The van der Waals surface area contributed by atoms with Gasteiger partial charge in [-0.05, 0) is 111 Å². The molecule has 6 heterocycles. The lowest BCUT2D eigenvalue weighted by Gasteiger charge is -2.51. The van der Waals surface area contributed by atoms with Crippen LogP contribution in [0.5, 0.6) is 17.2 Å². The maximum Gasteiger partial charge on any atom is 0.336 e. The zero-order valence-corrected chi connectivity index (χ0v) is 35.9. The topological polar surface area (TPSA) is 231 Å². The highest BCUT2D eigenvalue weighted by Gasteiger charge is 2.57. The molecule has 0 saturated heterocycles. The average molecular weight is 869 g/mol. The number of nitrogens with zero attached hydrogens (tertiary/aromatic N) is 2. The van der Waals surface area contributed by atoms with Gasteiger partial charge in [-0.3, -0.25) is 4.79 Å². The first-order chi connectivity index (χ1) is 30.9. The van der Waals surface area contributed by atoms with Gasteiger partial charge in [0.05, 0.1) is 18.8 Å². The Hall–Kier alpha value is -6.22. The number of benzene rings is 2. The highest BCUT2D eigenvalue weighted by atomic mass is 16.6. The Morgan fingerprint density at radius 1 is 1.03 bits per heavy atom. The van der Waals surface area contributed by atoms with Gasteiger partial charge >= 0.3 is 5.97 Å². The van der Waals surface area contributed by atoms with Crippen molar-refractivity contribution in [1.29, 1.82) is 0 Å². The highest BCUT2D eigenvalue weighted by Crippen LogP contribution is 2.60. The first kappa shape index (κ1) is 41.8. The van der Waals surface area contributed by atoms with Crippen molar-refractivity contribution in [3.63, 3.8) is 0 Å². The number of nitrogens with one attached hydrogen (secondary N) is 1. The smallest absolute Gasteiger partial charge is 0.336 e. The lowest BCUT2D eigenvalue weighted by molar-refractivity contribution is -0.169. The summed E-state index contributed by atoms with van der Waals surface area (Å²) in [5.41, 5.74) is 11.9. The van der Waals surface area contributed by atoms with E-state index < -0.39 is 66.4 Å². The number of hydrogen-bond acceptors (Lipinski definition) is 14. The maximum absolute atomic E-state index is 14.2. The van der Waals surface area contributed by atoms with Crippen LogP contribution in [0.2, 0.25) is 0 Å². The summed E-state index contributed by atoms with van der Waals surface area (Å²) in [6.45, 7) is 4.03. The number of nitrogen functional groups attached to an aromatic ring is 1. The standard InChI is InChI=1S/C50H52N4O10/c1-4-24(20-55)49(61)63-39-18-35-44(60)42-38(59)17-28(21-56)62-46(42)43-40-33-13-14-52-47(51)41(33)31(10-7-25-6-8-27(58)16-34(25)36(40)22-57)30-12-11-29-26(15-37(30)50(39,3)64-45(35)43)19-53-48-32(29)9-5-23(2)54-48/h4-6,8-9,13-14,16-17,19,23,30-31,36-37,39-40,55-58,60H,7,10-12,15,18,20-22H2,1-3H3,(H2,51,52)(H,53,54)/b24-4-/t23-,30-,31-,36-,37+,39-,40-,50+/m1/s1. The van der Waals surface area contributed by atoms with Crippen molar-refractivity contribution in [2.24, 2.45) is 11.8 Å². The van der Waals surface area contributed by atoms with Gasteiger partial charge in [-0.15, -0.1) is 0 Å². The summed E-state index contributed by atoms with van der Waals surface area (Å²) in [6.07, 6.45) is 11.0. The van der Waals surface area contributed by atoms with Crippen molar-refractivity contribution in [1.82, 2.24) is 9.97 Å². The van der Waals surface area contributed by atoms with E-state index in [4.69, 9.17) is 29.6 Å². The summed E-state index contributed by atoms with van der Waals surface area (Å²) in [5.74, 6) is -2.62. The fourth-order valence-corrected chi connectivity index (χ4v) is 11.8. The number of fused-ring (bicyclic) bond motifs is 11. The second-order valence-corrected chi connectivity index (χ2v) is 18.2. The molecule has 3 aliphatic heterocycles. The van der Waals surface area contributed by atoms with Gasteiger partial charge in [0, 0.05) is 70.9 Å². The minimum atomic E-state index is -1.38. The first-order valence-corrected chi connectivity index (χ1v) is 22.1. The van der Waals surface area contributed by atoms with Crippen LogP contribution in [0.4, 0.5) is 11.6 Å². The third-order valence-corrected chi connectivity index (χ3v) is 14.9. The molecule has 5 aliphatic rings. The molecule has 14 heteroatoms. The van der Waals surface area contributed by atoms with Crippen molar-refractivity contribution in [3.8, 4) is 17.2 Å². The second kappa shape index (κ2) is 15.8. The molecule has 0 fully saturated rings. The van der Waals surface area contributed by atoms with Gasteiger partial charge < -0.3 is 50.5 Å². The van der Waals surface area contributed by atoms with E-state index in [1.165, 1.54) is 6.08 Å². The van der Waals surface area contributed by atoms with Gasteiger partial charge in [0.25, 0.3) is 0 Å². The molecule has 0 saturated carbocycles. The van der Waals surface area contributed by atoms with Gasteiger partial charge in [-0.25, -0.2) is 14.8 Å². The Morgan fingerprint density at radius 2 is 1.86 bits per heavy atom. The lowest BCUT2D eigenvalue weighted by Crippen LogP contribution is -2.59. The van der Waals surface area contributed by atoms with Crippen molar-refractivity contribution < 1.29 is 44.2 Å². The van der Waals surface area contributed by atoms with Gasteiger partial charge in [0.15, 0.2) is 5.43 Å². The van der Waals surface area contributed by atoms with Crippen LogP contribution in [0.1, 0.15) is 107 Å². The molecule has 8 N–H and O–H groups in total. The van der Waals surface area contributed by atoms with Gasteiger partial charge in [0.1, 0.15) is 63.9 Å². The quantitative estimate of drug-likeness (QED) is 0.0817. The molecule has 10 rings (SSSR count). The van der Waals surface area contributed by atoms with Crippen LogP contribution in [0.15, 0.2) is 69.7 Å². The van der Waals surface area contributed by atoms with Gasteiger partial charge in [-0.1, -0.05) is 24.3 Å². The van der Waals surface area contributed by atoms with Crippen molar-refractivity contribution in [3.05, 3.63) is 127 Å². The summed E-state index contributed by atoms with van der Waals surface area (Å²) in [7, 11) is 0. The number of phenols is 2. The molecule has 2 aromatic carbocycles. The molecule has 2 aliphatic carbocycles. The van der Waals surface area contributed by atoms with Crippen molar-refractivity contribution in [2.45, 2.75) is 101 Å². The zero-order chi connectivity index (χ0) is 44.8. The number of aliphatic hydroxyl groups is 3. The van der Waals surface area contributed by atoms with Crippen LogP contribution in [0.3, 0.4) is 0 Å². The third-order valence-electron chi connectivity index (χ3n) is 14.9. The minimum absolute atomic E-state index is 0.00514. The number of esters is 1. The normalized spacial score (nSPS) is 26.6. The Bertz CT molecular complexity index is 2870. The summed E-state index contributed by atoms with van der Waals surface area (Å²) in [5, 5.41) is 59.3. The van der Waals surface area contributed by atoms with E-state index in [1.54, 1.807) is 25.3 Å². The van der Waals surface area contributed by atoms with Crippen LogP contribution in [0, 0.1) is 11.8 Å². The fourth-order valence-electron chi connectivity index (χ4n) is 11.8. The molecule has 0 amide bonds.